The number of carbonyl (C=O) groups excluding carboxylic acids is 2. The maximum absolute atomic E-state index is 13.0. The smallest absolute Gasteiger partial charge is 0.405 e. The number of ether oxygens (including phenoxy) is 2. The standard InChI is InChI=1S/C20H19F6NO6S/c1-3-4-13(9-11(2)10-27)12-5-7-14(8-6-12)34(30,31)15-16(28)32-18(19(21,22)23,20(24,25)26)33-17(15)29/h5-8,11,13,15H,3-4,9H2,1-2H3. The SMILES string of the molecule is CCCC(CC(C)C#N)c1ccc(S(=O)(=O)C2C(=O)OC(C(F)(F)F)(C(F)(F)F)OC2=O)cc1. The topological polar surface area (TPSA) is 111 Å². The van der Waals surface area contributed by atoms with Crippen LogP contribution in [0.25, 0.3) is 0 Å². The molecule has 0 N–H and O–H groups in total. The van der Waals surface area contributed by atoms with Crippen molar-refractivity contribution in [2.75, 3.05) is 0 Å². The number of esters is 2. The zero-order valence-electron chi connectivity index (χ0n) is 17.7. The summed E-state index contributed by atoms with van der Waals surface area (Å²) in [5.74, 6) is -11.2. The van der Waals surface area contributed by atoms with Crippen LogP contribution in [-0.2, 0) is 28.9 Å². The quantitative estimate of drug-likeness (QED) is 0.304. The molecule has 14 heteroatoms. The average Bonchev–Trinajstić information content (AvgIpc) is 2.71. The third kappa shape index (κ3) is 4.98. The molecule has 1 aromatic rings. The van der Waals surface area contributed by atoms with E-state index in [2.05, 4.69) is 15.5 Å². The summed E-state index contributed by atoms with van der Waals surface area (Å²) in [6.45, 7) is 3.59. The van der Waals surface area contributed by atoms with Crippen LogP contribution in [0.15, 0.2) is 29.2 Å². The first kappa shape index (κ1) is 27.4. The monoisotopic (exact) mass is 515 g/mol. The largest absolute Gasteiger partial charge is 0.478 e. The first-order chi connectivity index (χ1) is 15.5. The van der Waals surface area contributed by atoms with Crippen molar-refractivity contribution in [2.45, 2.75) is 67.3 Å². The molecule has 1 aliphatic heterocycles. The normalized spacial score (nSPS) is 19.0. The Bertz CT molecular complexity index is 1040. The van der Waals surface area contributed by atoms with E-state index in [1.165, 1.54) is 12.1 Å². The van der Waals surface area contributed by atoms with Crippen LogP contribution in [0.2, 0.25) is 0 Å². The van der Waals surface area contributed by atoms with Gasteiger partial charge in [0, 0.05) is 5.92 Å². The number of hydrogen-bond donors (Lipinski definition) is 0. The number of rotatable bonds is 7. The molecule has 188 valence electrons. The Morgan fingerprint density at radius 3 is 1.88 bits per heavy atom. The first-order valence-electron chi connectivity index (χ1n) is 9.84. The minimum atomic E-state index is -6.41. The second-order valence-corrected chi connectivity index (χ2v) is 9.73. The van der Waals surface area contributed by atoms with Gasteiger partial charge >= 0.3 is 30.1 Å². The molecule has 7 nitrogen and oxygen atoms in total. The molecule has 1 heterocycles. The molecule has 1 fully saturated rings. The maximum Gasteiger partial charge on any atom is 0.478 e. The zero-order chi connectivity index (χ0) is 26.1. The summed E-state index contributed by atoms with van der Waals surface area (Å²) in [6, 6.07) is 6.65. The third-order valence-corrected chi connectivity index (χ3v) is 7.08. The predicted octanol–water partition coefficient (Wildman–Crippen LogP) is 4.18. The van der Waals surface area contributed by atoms with Gasteiger partial charge in [-0.1, -0.05) is 25.5 Å². The Morgan fingerprint density at radius 1 is 1.03 bits per heavy atom. The van der Waals surface area contributed by atoms with Crippen molar-refractivity contribution in [1.82, 2.24) is 0 Å². The summed E-state index contributed by atoms with van der Waals surface area (Å²) in [7, 11) is -5.12. The van der Waals surface area contributed by atoms with Crippen LogP contribution in [0.5, 0.6) is 0 Å². The van der Waals surface area contributed by atoms with Gasteiger partial charge in [0.2, 0.25) is 9.84 Å². The number of nitrogens with zero attached hydrogens (tertiary/aromatic N) is 1. The Balaban J connectivity index is 2.39. The van der Waals surface area contributed by atoms with Crippen molar-refractivity contribution >= 4 is 21.8 Å². The van der Waals surface area contributed by atoms with Crippen molar-refractivity contribution in [2.24, 2.45) is 5.92 Å². The molecule has 0 aromatic heterocycles. The minimum Gasteiger partial charge on any atom is -0.405 e. The first-order valence-corrected chi connectivity index (χ1v) is 11.4. The summed E-state index contributed by atoms with van der Waals surface area (Å²) < 4.78 is 111. The van der Waals surface area contributed by atoms with Gasteiger partial charge in [-0.05, 0) is 43.4 Å². The summed E-state index contributed by atoms with van der Waals surface area (Å²) in [6.07, 6.45) is -11.0. The molecule has 1 saturated heterocycles. The Kier molecular flexibility index (Phi) is 7.61. The molecule has 0 bridgehead atoms. The van der Waals surface area contributed by atoms with Crippen molar-refractivity contribution in [1.29, 1.82) is 5.26 Å². The van der Waals surface area contributed by atoms with Gasteiger partial charge in [-0.2, -0.15) is 31.6 Å². The number of cyclic esters (lactones) is 2. The lowest BCUT2D eigenvalue weighted by atomic mass is 9.87. The zero-order valence-corrected chi connectivity index (χ0v) is 18.6. The van der Waals surface area contributed by atoms with Crippen molar-refractivity contribution in [3.63, 3.8) is 0 Å². The van der Waals surface area contributed by atoms with Gasteiger partial charge in [0.05, 0.1) is 11.0 Å². The van der Waals surface area contributed by atoms with E-state index >= 15 is 0 Å². The Morgan fingerprint density at radius 2 is 1.50 bits per heavy atom. The van der Waals surface area contributed by atoms with Gasteiger partial charge in [0.15, 0.2) is 0 Å². The molecule has 0 spiro atoms. The Hall–Kier alpha value is -2.82. The van der Waals surface area contributed by atoms with Crippen molar-refractivity contribution < 1.29 is 53.8 Å². The summed E-state index contributed by atoms with van der Waals surface area (Å²) in [4.78, 5) is 23.3. The summed E-state index contributed by atoms with van der Waals surface area (Å²) >= 11 is 0. The number of alkyl halides is 6. The molecule has 2 rings (SSSR count). The number of hydrogen-bond acceptors (Lipinski definition) is 7. The lowest BCUT2D eigenvalue weighted by molar-refractivity contribution is -0.448. The highest BCUT2D eigenvalue weighted by atomic mass is 32.2. The van der Waals surface area contributed by atoms with Crippen LogP contribution in [0.1, 0.15) is 44.6 Å². The van der Waals surface area contributed by atoms with Crippen LogP contribution < -0.4 is 0 Å². The number of halogens is 6. The van der Waals surface area contributed by atoms with Crippen molar-refractivity contribution in [3.05, 3.63) is 29.8 Å². The predicted molar refractivity (Wildman–Crippen MR) is 101 cm³/mol. The molecule has 2 unspecified atom stereocenters. The van der Waals surface area contributed by atoms with Crippen LogP contribution in [-0.4, -0.2) is 43.7 Å². The fourth-order valence-electron chi connectivity index (χ4n) is 3.47. The van der Waals surface area contributed by atoms with E-state index in [9.17, 15) is 44.3 Å². The van der Waals surface area contributed by atoms with Crippen LogP contribution >= 0.6 is 0 Å². The number of nitriles is 1. The highest BCUT2D eigenvalue weighted by Crippen LogP contribution is 2.49. The van der Waals surface area contributed by atoms with Gasteiger partial charge < -0.3 is 9.47 Å². The molecule has 0 aliphatic carbocycles. The van der Waals surface area contributed by atoms with E-state index in [0.717, 1.165) is 18.6 Å². The average molecular weight is 515 g/mol. The molecule has 2 atom stereocenters. The van der Waals surface area contributed by atoms with Crippen molar-refractivity contribution in [3.8, 4) is 6.07 Å². The molecular formula is C20H19F6NO6S. The fourth-order valence-corrected chi connectivity index (χ4v) is 4.86. The lowest BCUT2D eigenvalue weighted by Crippen LogP contribution is -2.68. The van der Waals surface area contributed by atoms with Gasteiger partial charge in [-0.3, -0.25) is 0 Å². The van der Waals surface area contributed by atoms with Crippen LogP contribution in [0.3, 0.4) is 0 Å². The number of sulfone groups is 1. The molecule has 0 saturated carbocycles. The highest BCUT2D eigenvalue weighted by Gasteiger charge is 2.81. The molecule has 0 amide bonds. The molecule has 1 aromatic carbocycles. The van der Waals surface area contributed by atoms with Gasteiger partial charge in [0.25, 0.3) is 5.25 Å². The maximum atomic E-state index is 13.0. The fraction of sp³-hybridized carbons (Fsp3) is 0.550. The molecule has 1 aliphatic rings. The van der Waals surface area contributed by atoms with E-state index in [0.29, 0.717) is 18.4 Å². The van der Waals surface area contributed by atoms with E-state index in [4.69, 9.17) is 5.26 Å². The summed E-state index contributed by atoms with van der Waals surface area (Å²) in [5, 5.41) is 5.94. The van der Waals surface area contributed by atoms with E-state index in [1.807, 2.05) is 6.92 Å². The summed E-state index contributed by atoms with van der Waals surface area (Å²) in [5.41, 5.74) is 0.616. The second kappa shape index (κ2) is 9.44. The van der Waals surface area contributed by atoms with Gasteiger partial charge in [-0.15, -0.1) is 0 Å². The Labute approximate surface area is 190 Å². The van der Waals surface area contributed by atoms with Crippen LogP contribution in [0, 0.1) is 17.2 Å². The molecule has 34 heavy (non-hydrogen) atoms. The number of benzene rings is 1. The molecule has 0 radical (unpaired) electrons. The minimum absolute atomic E-state index is 0.139. The highest BCUT2D eigenvalue weighted by molar-refractivity contribution is 7.93. The second-order valence-electron chi connectivity index (χ2n) is 7.70. The van der Waals surface area contributed by atoms with E-state index < -0.39 is 50.1 Å². The lowest BCUT2D eigenvalue weighted by Gasteiger charge is -2.39. The third-order valence-electron chi connectivity index (χ3n) is 5.15. The number of carbonyl (C=O) groups is 2. The van der Waals surface area contributed by atoms with Gasteiger partial charge in [-0.25, -0.2) is 18.0 Å². The van der Waals surface area contributed by atoms with E-state index in [1.54, 1.807) is 6.92 Å². The molecular weight excluding hydrogens is 496 g/mol. The van der Waals surface area contributed by atoms with Crippen LogP contribution in [0.4, 0.5) is 26.3 Å². The van der Waals surface area contributed by atoms with E-state index in [-0.39, 0.29) is 11.8 Å². The van der Waals surface area contributed by atoms with Gasteiger partial charge in [0.1, 0.15) is 0 Å².